The van der Waals surface area contributed by atoms with E-state index in [1.807, 2.05) is 0 Å². The summed E-state index contributed by atoms with van der Waals surface area (Å²) >= 11 is 0. The van der Waals surface area contributed by atoms with Gasteiger partial charge in [0, 0.05) is 20.2 Å². The van der Waals surface area contributed by atoms with Gasteiger partial charge in [-0.05, 0) is 12.1 Å². The number of H-pyrrole nitrogens is 1. The van der Waals surface area contributed by atoms with E-state index < -0.39 is 17.2 Å². The molecular formula is C16H15N5O4. The smallest absolute Gasteiger partial charge is 0.331 e. The quantitative estimate of drug-likeness (QED) is 0.650. The zero-order chi connectivity index (χ0) is 18.1. The van der Waals surface area contributed by atoms with Crippen LogP contribution in [-0.2, 0) is 20.6 Å². The number of carbonyl (C=O) groups excluding carboxylic acids is 1. The Morgan fingerprint density at radius 1 is 1.16 bits per heavy atom. The number of fused-ring (bicyclic) bond motifs is 1. The minimum Gasteiger partial charge on any atom is -0.344 e. The number of nitrogens with one attached hydrogen (secondary N) is 2. The van der Waals surface area contributed by atoms with E-state index in [2.05, 4.69) is 15.3 Å². The molecule has 0 radical (unpaired) electrons. The van der Waals surface area contributed by atoms with Crippen LogP contribution < -0.4 is 22.1 Å². The van der Waals surface area contributed by atoms with Gasteiger partial charge in [-0.3, -0.25) is 23.5 Å². The molecular weight excluding hydrogens is 326 g/mol. The van der Waals surface area contributed by atoms with Crippen LogP contribution in [0.2, 0.25) is 0 Å². The second-order valence-corrected chi connectivity index (χ2v) is 5.48. The van der Waals surface area contributed by atoms with Crippen LogP contribution in [0.15, 0.2) is 44.7 Å². The van der Waals surface area contributed by atoms with Crippen molar-refractivity contribution in [2.45, 2.75) is 6.54 Å². The predicted octanol–water partition coefficient (Wildman–Crippen LogP) is -0.749. The predicted molar refractivity (Wildman–Crippen MR) is 90.5 cm³/mol. The number of nitrogens with zero attached hydrogens (tertiary/aromatic N) is 3. The second-order valence-electron chi connectivity index (χ2n) is 5.48. The first-order chi connectivity index (χ1) is 11.9. The highest BCUT2D eigenvalue weighted by atomic mass is 16.2. The molecule has 0 aliphatic rings. The van der Waals surface area contributed by atoms with Gasteiger partial charge in [0.2, 0.25) is 0 Å². The Bertz CT molecular complexity index is 1160. The molecule has 0 aliphatic heterocycles. The number of rotatable bonds is 3. The van der Waals surface area contributed by atoms with Gasteiger partial charge < -0.3 is 10.3 Å². The van der Waals surface area contributed by atoms with Crippen LogP contribution in [0, 0.1) is 0 Å². The average Bonchev–Trinajstić information content (AvgIpc) is 2.61. The molecule has 0 spiro atoms. The maximum absolute atomic E-state index is 12.3. The van der Waals surface area contributed by atoms with E-state index in [-0.39, 0.29) is 23.6 Å². The number of benzene rings is 1. The van der Waals surface area contributed by atoms with Crippen LogP contribution in [0.1, 0.15) is 16.3 Å². The Kier molecular flexibility index (Phi) is 4.05. The summed E-state index contributed by atoms with van der Waals surface area (Å²) < 4.78 is 1.98. The van der Waals surface area contributed by atoms with E-state index in [1.165, 1.54) is 14.1 Å². The fourth-order valence-corrected chi connectivity index (χ4v) is 2.42. The summed E-state index contributed by atoms with van der Waals surface area (Å²) in [5.41, 5.74) is -1.05. The summed E-state index contributed by atoms with van der Waals surface area (Å²) in [6.07, 6.45) is 0. The number of hydrogen-bond acceptors (Lipinski definition) is 5. The van der Waals surface area contributed by atoms with E-state index in [1.54, 1.807) is 24.3 Å². The average molecular weight is 341 g/mol. The summed E-state index contributed by atoms with van der Waals surface area (Å²) in [4.78, 5) is 54.7. The summed E-state index contributed by atoms with van der Waals surface area (Å²) in [6, 6.07) is 7.91. The van der Waals surface area contributed by atoms with E-state index in [9.17, 15) is 19.2 Å². The van der Waals surface area contributed by atoms with Crippen molar-refractivity contribution in [1.29, 1.82) is 0 Å². The van der Waals surface area contributed by atoms with Gasteiger partial charge >= 0.3 is 5.69 Å². The number of para-hydroxylation sites is 1. The molecule has 9 heteroatoms. The fourth-order valence-electron chi connectivity index (χ4n) is 2.42. The first-order valence-electron chi connectivity index (χ1n) is 7.41. The van der Waals surface area contributed by atoms with Crippen molar-refractivity contribution in [2.24, 2.45) is 14.1 Å². The van der Waals surface area contributed by atoms with Crippen molar-refractivity contribution < 1.29 is 4.79 Å². The fraction of sp³-hybridized carbons (Fsp3) is 0.188. The molecule has 3 rings (SSSR count). The van der Waals surface area contributed by atoms with Crippen molar-refractivity contribution in [1.82, 2.24) is 24.4 Å². The molecule has 2 aromatic heterocycles. The molecule has 2 heterocycles. The lowest BCUT2D eigenvalue weighted by atomic mass is 10.2. The molecule has 1 amide bonds. The van der Waals surface area contributed by atoms with Crippen molar-refractivity contribution in [2.75, 3.05) is 0 Å². The molecule has 9 nitrogen and oxygen atoms in total. The molecule has 0 unspecified atom stereocenters. The van der Waals surface area contributed by atoms with Crippen LogP contribution in [0.5, 0.6) is 0 Å². The van der Waals surface area contributed by atoms with Crippen molar-refractivity contribution in [3.63, 3.8) is 0 Å². The number of aromatic nitrogens is 4. The largest absolute Gasteiger partial charge is 0.344 e. The minimum absolute atomic E-state index is 0.0533. The number of hydrogen-bond donors (Lipinski definition) is 2. The van der Waals surface area contributed by atoms with Crippen LogP contribution in [-0.4, -0.2) is 25.0 Å². The van der Waals surface area contributed by atoms with Crippen molar-refractivity contribution in [3.05, 3.63) is 73.0 Å². The Labute approximate surface area is 140 Å². The first kappa shape index (κ1) is 16.4. The molecule has 128 valence electrons. The summed E-state index contributed by atoms with van der Waals surface area (Å²) in [6.45, 7) is -0.0533. The number of amides is 1. The Balaban J connectivity index is 1.87. The third-order valence-electron chi connectivity index (χ3n) is 3.84. The SMILES string of the molecule is Cn1c(C(=O)NCc2nc3ccccc3c(=O)[nH]2)cc(=O)n(C)c1=O. The van der Waals surface area contributed by atoms with Gasteiger partial charge in [0.1, 0.15) is 11.5 Å². The molecule has 2 N–H and O–H groups in total. The molecule has 0 fully saturated rings. The standard InChI is InChI=1S/C16H15N5O4/c1-20-11(7-13(22)21(2)16(20)25)15(24)17-8-12-18-10-6-4-3-5-9(10)14(23)19-12/h3-7H,8H2,1-2H3,(H,17,24)(H,18,19,23). The van der Waals surface area contributed by atoms with E-state index in [0.29, 0.717) is 10.9 Å². The van der Waals surface area contributed by atoms with Gasteiger partial charge in [0.25, 0.3) is 17.0 Å². The van der Waals surface area contributed by atoms with Crippen LogP contribution in [0.4, 0.5) is 0 Å². The van der Waals surface area contributed by atoms with Crippen LogP contribution >= 0.6 is 0 Å². The lowest BCUT2D eigenvalue weighted by molar-refractivity contribution is 0.0939. The highest BCUT2D eigenvalue weighted by Gasteiger charge is 2.14. The Morgan fingerprint density at radius 2 is 1.88 bits per heavy atom. The molecule has 3 aromatic rings. The van der Waals surface area contributed by atoms with Crippen LogP contribution in [0.3, 0.4) is 0 Å². The molecule has 0 aliphatic carbocycles. The maximum atomic E-state index is 12.3. The normalized spacial score (nSPS) is 10.8. The minimum atomic E-state index is -0.617. The van der Waals surface area contributed by atoms with Crippen LogP contribution in [0.25, 0.3) is 10.9 Å². The summed E-state index contributed by atoms with van der Waals surface area (Å²) in [5.74, 6) is -0.348. The van der Waals surface area contributed by atoms with E-state index in [0.717, 1.165) is 15.2 Å². The third-order valence-corrected chi connectivity index (χ3v) is 3.84. The molecule has 0 saturated carbocycles. The zero-order valence-electron chi connectivity index (χ0n) is 13.6. The van der Waals surface area contributed by atoms with Gasteiger partial charge in [-0.25, -0.2) is 9.78 Å². The van der Waals surface area contributed by atoms with Crippen molar-refractivity contribution >= 4 is 16.8 Å². The van der Waals surface area contributed by atoms with Gasteiger partial charge in [0.05, 0.1) is 17.4 Å². The topological polar surface area (TPSA) is 119 Å². The van der Waals surface area contributed by atoms with E-state index >= 15 is 0 Å². The molecule has 25 heavy (non-hydrogen) atoms. The lowest BCUT2D eigenvalue weighted by Gasteiger charge is -2.10. The Hall–Kier alpha value is -3.49. The monoisotopic (exact) mass is 341 g/mol. The van der Waals surface area contributed by atoms with Gasteiger partial charge in [-0.15, -0.1) is 0 Å². The summed E-state index contributed by atoms with van der Waals surface area (Å²) in [5, 5.41) is 2.99. The van der Waals surface area contributed by atoms with Gasteiger partial charge in [0.15, 0.2) is 0 Å². The highest BCUT2D eigenvalue weighted by Crippen LogP contribution is 2.05. The van der Waals surface area contributed by atoms with Gasteiger partial charge in [-0.1, -0.05) is 12.1 Å². The number of carbonyl (C=O) groups is 1. The van der Waals surface area contributed by atoms with Gasteiger partial charge in [-0.2, -0.15) is 0 Å². The first-order valence-corrected chi connectivity index (χ1v) is 7.41. The molecule has 0 saturated heterocycles. The molecule has 1 aromatic carbocycles. The second kappa shape index (κ2) is 6.19. The number of aromatic amines is 1. The lowest BCUT2D eigenvalue weighted by Crippen LogP contribution is -2.41. The summed E-state index contributed by atoms with van der Waals surface area (Å²) in [7, 11) is 2.73. The third kappa shape index (κ3) is 2.99. The maximum Gasteiger partial charge on any atom is 0.331 e. The zero-order valence-corrected chi connectivity index (χ0v) is 13.6. The van der Waals surface area contributed by atoms with E-state index in [4.69, 9.17) is 0 Å². The Morgan fingerprint density at radius 3 is 2.64 bits per heavy atom. The highest BCUT2D eigenvalue weighted by molar-refractivity contribution is 5.92. The molecule has 0 bridgehead atoms. The van der Waals surface area contributed by atoms with Crippen molar-refractivity contribution in [3.8, 4) is 0 Å². The molecule has 0 atom stereocenters.